The summed E-state index contributed by atoms with van der Waals surface area (Å²) >= 11 is 6.18. The first kappa shape index (κ1) is 14.9. The van der Waals surface area contributed by atoms with Crippen LogP contribution in [0.25, 0.3) is 0 Å². The van der Waals surface area contributed by atoms with Crippen molar-refractivity contribution in [2.24, 2.45) is 5.92 Å². The van der Waals surface area contributed by atoms with E-state index in [0.29, 0.717) is 18.8 Å². The van der Waals surface area contributed by atoms with Crippen molar-refractivity contribution in [2.75, 3.05) is 6.61 Å². The zero-order valence-electron chi connectivity index (χ0n) is 12.5. The second-order valence-corrected chi connectivity index (χ2v) is 6.77. The second kappa shape index (κ2) is 6.83. The van der Waals surface area contributed by atoms with Crippen LogP contribution in [0.3, 0.4) is 0 Å². The predicted molar refractivity (Wildman–Crippen MR) is 85.2 cm³/mol. The Hall–Kier alpha value is -1.02. The van der Waals surface area contributed by atoms with Crippen LogP contribution in [0, 0.1) is 5.92 Å². The molecule has 1 saturated carbocycles. The Labute approximate surface area is 131 Å². The molecule has 1 aromatic rings. The Morgan fingerprint density at radius 1 is 1.14 bits per heavy atom. The largest absolute Gasteiger partial charge is 0.493 e. The molecule has 1 aliphatic carbocycles. The third-order valence-corrected chi connectivity index (χ3v) is 4.97. The van der Waals surface area contributed by atoms with E-state index in [1.807, 2.05) is 12.1 Å². The summed E-state index contributed by atoms with van der Waals surface area (Å²) in [6, 6.07) is 3.88. The zero-order chi connectivity index (χ0) is 14.7. The van der Waals surface area contributed by atoms with Crippen LogP contribution < -0.4 is 4.74 Å². The summed E-state index contributed by atoms with van der Waals surface area (Å²) < 4.78 is 5.71. The zero-order valence-corrected chi connectivity index (χ0v) is 13.3. The van der Waals surface area contributed by atoms with Gasteiger partial charge in [-0.2, -0.15) is 0 Å². The average molecular weight is 307 g/mol. The van der Waals surface area contributed by atoms with E-state index >= 15 is 0 Å². The summed E-state index contributed by atoms with van der Waals surface area (Å²) in [7, 11) is 0. The number of rotatable bonds is 3. The van der Waals surface area contributed by atoms with Crippen LogP contribution >= 0.6 is 11.6 Å². The van der Waals surface area contributed by atoms with E-state index in [9.17, 15) is 4.79 Å². The van der Waals surface area contributed by atoms with E-state index < -0.39 is 0 Å². The normalized spacial score (nSPS) is 19.5. The van der Waals surface area contributed by atoms with Crippen LogP contribution in [-0.4, -0.2) is 12.4 Å². The lowest BCUT2D eigenvalue weighted by molar-refractivity contribution is -0.122. The van der Waals surface area contributed by atoms with Crippen molar-refractivity contribution in [1.29, 1.82) is 0 Å². The van der Waals surface area contributed by atoms with E-state index in [1.165, 1.54) is 32.1 Å². The van der Waals surface area contributed by atoms with Gasteiger partial charge in [-0.1, -0.05) is 43.7 Å². The lowest BCUT2D eigenvalue weighted by Crippen LogP contribution is -2.18. The molecule has 0 bridgehead atoms. The van der Waals surface area contributed by atoms with Gasteiger partial charge in [-0.15, -0.1) is 0 Å². The molecule has 1 fully saturated rings. The van der Waals surface area contributed by atoms with Gasteiger partial charge in [0, 0.05) is 29.3 Å². The number of fused-ring (bicyclic) bond motifs is 1. The molecule has 3 heteroatoms. The van der Waals surface area contributed by atoms with E-state index in [-0.39, 0.29) is 5.92 Å². The first-order valence-corrected chi connectivity index (χ1v) is 8.58. The van der Waals surface area contributed by atoms with Crippen LogP contribution in [0.1, 0.15) is 56.1 Å². The standard InChI is InChI=1S/C18H23ClO2/c19-16-10-14-8-9-21-18(14)15(11-16)12-17(20)13-6-4-2-1-3-5-7-13/h10-11,13H,1-9,12H2. The summed E-state index contributed by atoms with van der Waals surface area (Å²) in [6.45, 7) is 0.709. The highest BCUT2D eigenvalue weighted by Crippen LogP contribution is 2.34. The molecule has 2 aliphatic rings. The van der Waals surface area contributed by atoms with Gasteiger partial charge in [0.05, 0.1) is 6.61 Å². The van der Waals surface area contributed by atoms with Gasteiger partial charge in [-0.25, -0.2) is 0 Å². The maximum atomic E-state index is 12.6. The number of halogens is 1. The van der Waals surface area contributed by atoms with Crippen molar-refractivity contribution in [2.45, 2.75) is 57.8 Å². The highest BCUT2D eigenvalue weighted by molar-refractivity contribution is 6.30. The lowest BCUT2D eigenvalue weighted by atomic mass is 9.86. The number of Topliss-reactive ketones (excluding diaryl/α,β-unsaturated/α-hetero) is 1. The van der Waals surface area contributed by atoms with Gasteiger partial charge in [0.15, 0.2) is 0 Å². The molecule has 21 heavy (non-hydrogen) atoms. The van der Waals surface area contributed by atoms with Crippen molar-refractivity contribution in [3.8, 4) is 5.75 Å². The summed E-state index contributed by atoms with van der Waals surface area (Å²) in [6.07, 6.45) is 9.77. The first-order chi connectivity index (χ1) is 10.2. The smallest absolute Gasteiger partial charge is 0.140 e. The molecule has 0 amide bonds. The SMILES string of the molecule is O=C(Cc1cc(Cl)cc2c1OCC2)C1CCCCCCC1. The molecule has 0 radical (unpaired) electrons. The van der Waals surface area contributed by atoms with E-state index in [2.05, 4.69) is 0 Å². The van der Waals surface area contributed by atoms with Crippen LogP contribution in [0.4, 0.5) is 0 Å². The van der Waals surface area contributed by atoms with Gasteiger partial charge in [-0.05, 0) is 30.5 Å². The van der Waals surface area contributed by atoms with E-state index in [0.717, 1.165) is 41.2 Å². The Morgan fingerprint density at radius 3 is 2.62 bits per heavy atom. The second-order valence-electron chi connectivity index (χ2n) is 6.34. The van der Waals surface area contributed by atoms with Crippen LogP contribution in [0.5, 0.6) is 5.75 Å². The molecule has 2 nitrogen and oxygen atoms in total. The summed E-state index contributed by atoms with van der Waals surface area (Å²) in [5.41, 5.74) is 2.14. The number of carbonyl (C=O) groups excluding carboxylic acids is 1. The number of ketones is 1. The first-order valence-electron chi connectivity index (χ1n) is 8.21. The third-order valence-electron chi connectivity index (χ3n) is 4.75. The van der Waals surface area contributed by atoms with Crippen molar-refractivity contribution in [3.63, 3.8) is 0 Å². The molecule has 1 heterocycles. The maximum Gasteiger partial charge on any atom is 0.140 e. The highest BCUT2D eigenvalue weighted by Gasteiger charge is 2.23. The molecule has 1 aromatic carbocycles. The lowest BCUT2D eigenvalue weighted by Gasteiger charge is -2.19. The van der Waals surface area contributed by atoms with Gasteiger partial charge in [0.2, 0.25) is 0 Å². The van der Waals surface area contributed by atoms with Gasteiger partial charge in [-0.3, -0.25) is 4.79 Å². The van der Waals surface area contributed by atoms with Gasteiger partial charge in [0.1, 0.15) is 11.5 Å². The Balaban J connectivity index is 1.72. The third kappa shape index (κ3) is 3.60. The molecule has 0 spiro atoms. The van der Waals surface area contributed by atoms with Crippen LogP contribution in [0.15, 0.2) is 12.1 Å². The van der Waals surface area contributed by atoms with E-state index in [4.69, 9.17) is 16.3 Å². The number of carbonyl (C=O) groups is 1. The maximum absolute atomic E-state index is 12.6. The Kier molecular flexibility index (Phi) is 4.84. The molecule has 0 atom stereocenters. The quantitative estimate of drug-likeness (QED) is 0.805. The van der Waals surface area contributed by atoms with Gasteiger partial charge >= 0.3 is 0 Å². The minimum atomic E-state index is 0.237. The number of hydrogen-bond donors (Lipinski definition) is 0. The minimum Gasteiger partial charge on any atom is -0.493 e. The number of hydrogen-bond acceptors (Lipinski definition) is 2. The summed E-state index contributed by atoms with van der Waals surface area (Å²) in [4.78, 5) is 12.6. The molecular weight excluding hydrogens is 284 g/mol. The van der Waals surface area contributed by atoms with Crippen molar-refractivity contribution in [3.05, 3.63) is 28.3 Å². The van der Waals surface area contributed by atoms with Crippen LogP contribution in [-0.2, 0) is 17.6 Å². The van der Waals surface area contributed by atoms with Crippen molar-refractivity contribution in [1.82, 2.24) is 0 Å². The molecule has 0 saturated heterocycles. The molecule has 1 aliphatic heterocycles. The average Bonchev–Trinajstić information content (AvgIpc) is 2.86. The Bertz CT molecular complexity index is 516. The summed E-state index contributed by atoms with van der Waals surface area (Å²) in [5, 5.41) is 0.722. The molecule has 114 valence electrons. The number of ether oxygens (including phenoxy) is 1. The van der Waals surface area contributed by atoms with Gasteiger partial charge in [0.25, 0.3) is 0 Å². The molecule has 0 aromatic heterocycles. The minimum absolute atomic E-state index is 0.237. The molecule has 0 N–H and O–H groups in total. The highest BCUT2D eigenvalue weighted by atomic mass is 35.5. The van der Waals surface area contributed by atoms with E-state index in [1.54, 1.807) is 0 Å². The summed E-state index contributed by atoms with van der Waals surface area (Å²) in [5.74, 6) is 1.52. The predicted octanol–water partition coefficient (Wildman–Crippen LogP) is 4.75. The molecular formula is C18H23ClO2. The fraction of sp³-hybridized carbons (Fsp3) is 0.611. The van der Waals surface area contributed by atoms with Crippen molar-refractivity contribution >= 4 is 17.4 Å². The van der Waals surface area contributed by atoms with Gasteiger partial charge < -0.3 is 4.74 Å². The fourth-order valence-electron chi connectivity index (χ4n) is 3.59. The monoisotopic (exact) mass is 306 g/mol. The van der Waals surface area contributed by atoms with Crippen LogP contribution in [0.2, 0.25) is 5.02 Å². The molecule has 0 unspecified atom stereocenters. The topological polar surface area (TPSA) is 26.3 Å². The fourth-order valence-corrected chi connectivity index (χ4v) is 3.85. The van der Waals surface area contributed by atoms with Crippen molar-refractivity contribution < 1.29 is 9.53 Å². The Morgan fingerprint density at radius 2 is 1.86 bits per heavy atom. The number of benzene rings is 1. The molecule has 3 rings (SSSR count).